The number of benzene rings is 2. The Balaban J connectivity index is 0.819. The number of nitrogens with one attached hydrogen (secondary N) is 4. The summed E-state index contributed by atoms with van der Waals surface area (Å²) in [7, 11) is 2.65. The Hall–Kier alpha value is -6.18. The number of fused-ring (bicyclic) bond motifs is 2. The van der Waals surface area contributed by atoms with Crippen molar-refractivity contribution in [2.45, 2.75) is 153 Å². The molecular weight excluding hydrogens is 905 g/mol. The van der Waals surface area contributed by atoms with Crippen molar-refractivity contribution < 1.29 is 28.7 Å². The number of imidazole rings is 2. The maximum Gasteiger partial charge on any atom is 0.407 e. The van der Waals surface area contributed by atoms with Crippen LogP contribution in [0.25, 0.3) is 28.0 Å². The lowest BCUT2D eigenvalue weighted by Gasteiger charge is -2.30. The van der Waals surface area contributed by atoms with Crippen molar-refractivity contribution in [1.29, 1.82) is 0 Å². The molecule has 380 valence electrons. The standard InChI is InChI=1S/C58H72N8O6/c1-34(2)48(63-54(69)71-5)52(67)65-32-56(24-25-56)28-45(65)50-59-30-43(61-50)38-11-9-10-36(12-15-38)40-18-19-41(47-42(40)20-23-58(47)21-7-8-22-58)37-13-16-39(17-14-37)44-31-60-51(62-44)46-29-57(26-27-57)33-66(46)53(68)49(35(3)4)64-55(70)72-6/h9,11,13-19,30-31,34-36,45-46,48-49H,7-8,10,12,20-29,32-33H2,1-6H3,(H,59,61)(H,60,62)(H,63,69)(H,64,70). The molecule has 5 aliphatic carbocycles. The Kier molecular flexibility index (Phi) is 12.5. The number of ether oxygens (including phenoxy) is 2. The highest BCUT2D eigenvalue weighted by Gasteiger charge is 2.56. The van der Waals surface area contributed by atoms with Gasteiger partial charge in [0, 0.05) is 13.1 Å². The van der Waals surface area contributed by atoms with Crippen LogP contribution in [0.1, 0.15) is 163 Å². The van der Waals surface area contributed by atoms with Crippen molar-refractivity contribution in [3.05, 3.63) is 101 Å². The number of alkyl carbamates (subject to hydrolysis) is 2. The molecule has 5 fully saturated rings. The monoisotopic (exact) mass is 977 g/mol. The number of aromatic nitrogens is 4. The zero-order valence-corrected chi connectivity index (χ0v) is 42.9. The molecule has 0 bridgehead atoms. The van der Waals surface area contributed by atoms with E-state index in [2.05, 4.69) is 75.2 Å². The van der Waals surface area contributed by atoms with Gasteiger partial charge in [-0.1, -0.05) is 95.2 Å². The van der Waals surface area contributed by atoms with Crippen molar-refractivity contribution in [1.82, 2.24) is 40.4 Å². The molecule has 4 amide bonds. The fraction of sp³-hybridized carbons (Fsp3) is 0.552. The van der Waals surface area contributed by atoms with Crippen LogP contribution in [0.5, 0.6) is 0 Å². The number of H-pyrrole nitrogens is 2. The predicted octanol–water partition coefficient (Wildman–Crippen LogP) is 10.6. The van der Waals surface area contributed by atoms with Gasteiger partial charge >= 0.3 is 12.2 Å². The topological polar surface area (TPSA) is 175 Å². The van der Waals surface area contributed by atoms with E-state index in [1.165, 1.54) is 63.0 Å². The van der Waals surface area contributed by atoms with Gasteiger partial charge in [-0.3, -0.25) is 9.59 Å². The SMILES string of the molecule is COC(=O)NC(C(=O)N1CC2(CC2)CC1c1ncc(C2=CCC(c3ccc(-c4ccc(-c5cnc(C6CC7(CC7)CN6C(=O)C(NC(=O)OC)C(C)C)[nH]5)cc4)c4c3CCC43CCCC3)CC=C2)[nH]1)C(C)C. The van der Waals surface area contributed by atoms with Crippen LogP contribution in [0.2, 0.25) is 0 Å². The summed E-state index contributed by atoms with van der Waals surface area (Å²) < 4.78 is 9.75. The van der Waals surface area contributed by atoms with Gasteiger partial charge in [0.05, 0.1) is 50.1 Å². The molecule has 0 radical (unpaired) electrons. The third-order valence-corrected chi connectivity index (χ3v) is 18.0. The second-order valence-electron chi connectivity index (χ2n) is 23.3. The van der Waals surface area contributed by atoms with Gasteiger partial charge in [-0.25, -0.2) is 19.6 Å². The van der Waals surface area contributed by atoms with E-state index < -0.39 is 24.3 Å². The molecule has 2 saturated heterocycles. The van der Waals surface area contributed by atoms with Crippen molar-refractivity contribution in [3.63, 3.8) is 0 Å². The predicted molar refractivity (Wildman–Crippen MR) is 275 cm³/mol. The molecule has 14 nitrogen and oxygen atoms in total. The van der Waals surface area contributed by atoms with Gasteiger partial charge in [-0.05, 0) is 150 Å². The van der Waals surface area contributed by atoms with Gasteiger partial charge < -0.3 is 39.9 Å². The molecule has 4 N–H and O–H groups in total. The first-order valence-electron chi connectivity index (χ1n) is 26.8. The van der Waals surface area contributed by atoms with Crippen molar-refractivity contribution in [2.75, 3.05) is 27.3 Å². The number of hydrogen-bond donors (Lipinski definition) is 4. The van der Waals surface area contributed by atoms with Crippen LogP contribution < -0.4 is 10.6 Å². The summed E-state index contributed by atoms with van der Waals surface area (Å²) >= 11 is 0. The zero-order valence-electron chi connectivity index (χ0n) is 42.9. The molecule has 2 aliphatic heterocycles. The highest BCUT2D eigenvalue weighted by atomic mass is 16.5. The first kappa shape index (κ1) is 48.1. The second kappa shape index (κ2) is 18.7. The molecule has 5 unspecified atom stereocenters. The van der Waals surface area contributed by atoms with Crippen molar-refractivity contribution in [3.8, 4) is 22.4 Å². The van der Waals surface area contributed by atoms with Crippen LogP contribution in [-0.4, -0.2) is 93.1 Å². The Labute approximate surface area is 423 Å². The maximum atomic E-state index is 14.1. The van der Waals surface area contributed by atoms with E-state index in [9.17, 15) is 19.2 Å². The smallest absolute Gasteiger partial charge is 0.407 e. The summed E-state index contributed by atoms with van der Waals surface area (Å²) in [6.07, 6.45) is 24.9. The lowest BCUT2D eigenvalue weighted by atomic mass is 9.75. The highest BCUT2D eigenvalue weighted by molar-refractivity contribution is 5.87. The summed E-state index contributed by atoms with van der Waals surface area (Å²) in [6, 6.07) is 12.1. The number of aromatic amines is 2. The molecule has 14 heteroatoms. The van der Waals surface area contributed by atoms with Gasteiger partial charge in [0.25, 0.3) is 0 Å². The number of methoxy groups -OCH3 is 2. The fourth-order valence-electron chi connectivity index (χ4n) is 13.5. The lowest BCUT2D eigenvalue weighted by Crippen LogP contribution is -2.51. The molecule has 4 aromatic rings. The summed E-state index contributed by atoms with van der Waals surface area (Å²) in [5, 5.41) is 5.58. The van der Waals surface area contributed by atoms with Crippen LogP contribution in [0.15, 0.2) is 67.0 Å². The summed E-state index contributed by atoms with van der Waals surface area (Å²) in [4.78, 5) is 73.6. The minimum atomic E-state index is -0.681. The summed E-state index contributed by atoms with van der Waals surface area (Å²) in [5.74, 6) is 1.58. The summed E-state index contributed by atoms with van der Waals surface area (Å²) in [6.45, 7) is 9.14. The number of hydrogen-bond acceptors (Lipinski definition) is 8. The molecule has 3 spiro atoms. The van der Waals surface area contributed by atoms with E-state index in [1.807, 2.05) is 49.9 Å². The van der Waals surface area contributed by atoms with Gasteiger partial charge in [0.15, 0.2) is 0 Å². The zero-order chi connectivity index (χ0) is 50.1. The lowest BCUT2D eigenvalue weighted by molar-refractivity contribution is -0.136. The first-order chi connectivity index (χ1) is 34.7. The highest BCUT2D eigenvalue weighted by Crippen LogP contribution is 2.60. The molecule has 72 heavy (non-hydrogen) atoms. The number of nitrogens with zero attached hydrogens (tertiary/aromatic N) is 4. The first-order valence-corrected chi connectivity index (χ1v) is 26.8. The second-order valence-corrected chi connectivity index (χ2v) is 23.3. The van der Waals surface area contributed by atoms with E-state index in [0.29, 0.717) is 19.0 Å². The molecule has 5 atom stereocenters. The average molecular weight is 977 g/mol. The molecular formula is C58H72N8O6. The third kappa shape index (κ3) is 8.84. The van der Waals surface area contributed by atoms with Gasteiger partial charge in [-0.2, -0.15) is 0 Å². The van der Waals surface area contributed by atoms with E-state index in [4.69, 9.17) is 19.4 Å². The minimum Gasteiger partial charge on any atom is -0.453 e. The number of rotatable bonds is 12. The van der Waals surface area contributed by atoms with E-state index >= 15 is 0 Å². The number of allylic oxidation sites excluding steroid dienone is 4. The summed E-state index contributed by atoms with van der Waals surface area (Å²) in [5.41, 5.74) is 11.8. The number of likely N-dealkylation sites (tertiary alicyclic amines) is 2. The van der Waals surface area contributed by atoms with Crippen LogP contribution in [-0.2, 0) is 30.9 Å². The van der Waals surface area contributed by atoms with E-state index in [-0.39, 0.29) is 52.0 Å². The van der Waals surface area contributed by atoms with Crippen LogP contribution in [0.3, 0.4) is 0 Å². The Morgan fingerprint density at radius 2 is 1.22 bits per heavy atom. The number of carbonyl (C=O) groups is 4. The van der Waals surface area contributed by atoms with Crippen LogP contribution in [0, 0.1) is 22.7 Å². The number of amides is 4. The molecule has 2 aromatic heterocycles. The van der Waals surface area contributed by atoms with E-state index in [0.717, 1.165) is 92.0 Å². The van der Waals surface area contributed by atoms with Gasteiger partial charge in [0.2, 0.25) is 11.8 Å². The Morgan fingerprint density at radius 1 is 0.681 bits per heavy atom. The van der Waals surface area contributed by atoms with Crippen LogP contribution >= 0.6 is 0 Å². The normalized spacial score (nSPS) is 23.9. The molecule has 3 saturated carbocycles. The third-order valence-electron chi connectivity index (χ3n) is 18.0. The van der Waals surface area contributed by atoms with Gasteiger partial charge in [0.1, 0.15) is 23.7 Å². The van der Waals surface area contributed by atoms with Crippen molar-refractivity contribution >= 4 is 29.6 Å². The molecule has 2 aromatic carbocycles. The van der Waals surface area contributed by atoms with Crippen molar-refractivity contribution in [2.24, 2.45) is 22.7 Å². The largest absolute Gasteiger partial charge is 0.453 e. The quantitative estimate of drug-likeness (QED) is 0.108. The molecule has 11 rings (SSSR count). The van der Waals surface area contributed by atoms with Gasteiger partial charge in [-0.15, -0.1) is 0 Å². The fourth-order valence-corrected chi connectivity index (χ4v) is 13.5. The maximum absolute atomic E-state index is 14.1. The Bertz CT molecular complexity index is 2810. The van der Waals surface area contributed by atoms with E-state index in [1.54, 1.807) is 11.1 Å². The van der Waals surface area contributed by atoms with Crippen LogP contribution in [0.4, 0.5) is 9.59 Å². The Morgan fingerprint density at radius 3 is 1.76 bits per heavy atom. The molecule has 4 heterocycles. The molecule has 7 aliphatic rings. The number of carbonyl (C=O) groups excluding carboxylic acids is 4. The minimum absolute atomic E-state index is 0.0835. The average Bonchev–Trinajstić information content (AvgIpc) is 3.78.